The third kappa shape index (κ3) is 3.67. The molecule has 16 heavy (non-hydrogen) atoms. The van der Waals surface area contributed by atoms with Gasteiger partial charge in [0, 0.05) is 19.8 Å². The summed E-state index contributed by atoms with van der Waals surface area (Å²) in [5.74, 6) is 0.668. The van der Waals surface area contributed by atoms with Gasteiger partial charge >= 0.3 is 0 Å². The molecule has 1 aromatic carbocycles. The molecule has 0 aliphatic rings. The summed E-state index contributed by atoms with van der Waals surface area (Å²) in [7, 11) is 3.29. The van der Waals surface area contributed by atoms with Crippen molar-refractivity contribution in [2.24, 2.45) is 5.73 Å². The lowest BCUT2D eigenvalue weighted by atomic mass is 10.0. The van der Waals surface area contributed by atoms with E-state index in [1.54, 1.807) is 14.2 Å². The summed E-state index contributed by atoms with van der Waals surface area (Å²) >= 11 is 5.94. The predicted molar refractivity (Wildman–Crippen MR) is 66.0 cm³/mol. The normalized spacial score (nSPS) is 12.5. The third-order valence-corrected chi connectivity index (χ3v) is 2.78. The highest BCUT2D eigenvalue weighted by Gasteiger charge is 2.08. The van der Waals surface area contributed by atoms with E-state index in [9.17, 15) is 0 Å². The summed E-state index contributed by atoms with van der Waals surface area (Å²) in [5, 5.41) is 0.607. The number of hydrogen-bond donors (Lipinski definition) is 1. The van der Waals surface area contributed by atoms with Crippen LogP contribution in [0.15, 0.2) is 18.2 Å². The van der Waals surface area contributed by atoms with Gasteiger partial charge in [0.25, 0.3) is 0 Å². The quantitative estimate of drug-likeness (QED) is 0.782. The first kappa shape index (κ1) is 13.3. The van der Waals surface area contributed by atoms with Crippen LogP contribution in [0.5, 0.6) is 5.75 Å². The van der Waals surface area contributed by atoms with Crippen LogP contribution in [0.3, 0.4) is 0 Å². The first-order chi connectivity index (χ1) is 7.69. The van der Waals surface area contributed by atoms with Crippen LogP contribution in [0.4, 0.5) is 0 Å². The van der Waals surface area contributed by atoms with E-state index in [-0.39, 0.29) is 6.04 Å². The molecule has 0 aliphatic heterocycles. The molecule has 1 rings (SSSR count). The van der Waals surface area contributed by atoms with Crippen LogP contribution in [0, 0.1) is 0 Å². The van der Waals surface area contributed by atoms with Crippen LogP contribution in [0.1, 0.15) is 24.4 Å². The van der Waals surface area contributed by atoms with Crippen molar-refractivity contribution in [2.45, 2.75) is 18.9 Å². The maximum Gasteiger partial charge on any atom is 0.137 e. The van der Waals surface area contributed by atoms with E-state index in [2.05, 4.69) is 0 Å². The fraction of sp³-hybridized carbons (Fsp3) is 0.500. The van der Waals surface area contributed by atoms with Gasteiger partial charge in [0.2, 0.25) is 0 Å². The van der Waals surface area contributed by atoms with Gasteiger partial charge in [-0.1, -0.05) is 17.7 Å². The van der Waals surface area contributed by atoms with Gasteiger partial charge in [0.05, 0.1) is 12.1 Å². The number of methoxy groups -OCH3 is 2. The molecule has 0 saturated carbocycles. The predicted octanol–water partition coefficient (Wildman–Crippen LogP) is 2.78. The van der Waals surface area contributed by atoms with Crippen LogP contribution in [-0.4, -0.2) is 20.8 Å². The Bertz CT molecular complexity index is 331. The van der Waals surface area contributed by atoms with Crippen LogP contribution >= 0.6 is 11.6 Å². The largest absolute Gasteiger partial charge is 0.495 e. The fourth-order valence-electron chi connectivity index (χ4n) is 1.52. The SMILES string of the molecule is COCCCC(N)c1ccc(Cl)c(OC)c1. The van der Waals surface area contributed by atoms with Crippen molar-refractivity contribution >= 4 is 11.6 Å². The number of halogens is 1. The van der Waals surface area contributed by atoms with E-state index in [1.807, 2.05) is 18.2 Å². The first-order valence-electron chi connectivity index (χ1n) is 5.27. The van der Waals surface area contributed by atoms with E-state index in [0.717, 1.165) is 25.0 Å². The highest BCUT2D eigenvalue weighted by Crippen LogP contribution is 2.28. The molecule has 0 aromatic heterocycles. The lowest BCUT2D eigenvalue weighted by Gasteiger charge is -2.13. The van der Waals surface area contributed by atoms with E-state index < -0.39 is 0 Å². The number of ether oxygens (including phenoxy) is 2. The summed E-state index contributed by atoms with van der Waals surface area (Å²) in [5.41, 5.74) is 7.09. The van der Waals surface area contributed by atoms with Gasteiger partial charge < -0.3 is 15.2 Å². The summed E-state index contributed by atoms with van der Waals surface area (Å²) in [6.45, 7) is 0.735. The molecular formula is C12H18ClNO2. The fourth-order valence-corrected chi connectivity index (χ4v) is 1.72. The molecular weight excluding hydrogens is 226 g/mol. The van der Waals surface area contributed by atoms with Gasteiger partial charge in [0.15, 0.2) is 0 Å². The standard InChI is InChI=1S/C12H18ClNO2/c1-15-7-3-4-11(14)9-5-6-10(13)12(8-9)16-2/h5-6,8,11H,3-4,7,14H2,1-2H3. The molecule has 0 bridgehead atoms. The zero-order valence-electron chi connectivity index (χ0n) is 9.70. The van der Waals surface area contributed by atoms with Crippen molar-refractivity contribution in [3.63, 3.8) is 0 Å². The van der Waals surface area contributed by atoms with E-state index in [0.29, 0.717) is 10.8 Å². The summed E-state index contributed by atoms with van der Waals surface area (Å²) in [6, 6.07) is 5.63. The number of benzene rings is 1. The Labute approximate surface area is 101 Å². The molecule has 0 heterocycles. The van der Waals surface area contributed by atoms with Gasteiger partial charge in [-0.05, 0) is 30.5 Å². The van der Waals surface area contributed by atoms with Crippen molar-refractivity contribution in [1.29, 1.82) is 0 Å². The van der Waals surface area contributed by atoms with Crippen molar-refractivity contribution in [2.75, 3.05) is 20.8 Å². The lowest BCUT2D eigenvalue weighted by molar-refractivity contribution is 0.190. The minimum absolute atomic E-state index is 0.00122. The second kappa shape index (κ2) is 6.74. The average Bonchev–Trinajstić information content (AvgIpc) is 2.30. The Morgan fingerprint density at radius 2 is 2.12 bits per heavy atom. The van der Waals surface area contributed by atoms with Crippen molar-refractivity contribution in [3.8, 4) is 5.75 Å². The first-order valence-corrected chi connectivity index (χ1v) is 5.64. The third-order valence-electron chi connectivity index (χ3n) is 2.47. The van der Waals surface area contributed by atoms with Crippen LogP contribution < -0.4 is 10.5 Å². The zero-order valence-corrected chi connectivity index (χ0v) is 10.5. The van der Waals surface area contributed by atoms with E-state index in [4.69, 9.17) is 26.8 Å². The number of nitrogens with two attached hydrogens (primary N) is 1. The van der Waals surface area contributed by atoms with Gasteiger partial charge in [-0.15, -0.1) is 0 Å². The lowest BCUT2D eigenvalue weighted by Crippen LogP contribution is -2.11. The molecule has 1 atom stereocenters. The Balaban J connectivity index is 2.64. The Hall–Kier alpha value is -0.770. The maximum atomic E-state index is 6.06. The van der Waals surface area contributed by atoms with Crippen LogP contribution in [-0.2, 0) is 4.74 Å². The molecule has 3 nitrogen and oxygen atoms in total. The molecule has 1 aromatic rings. The molecule has 0 radical (unpaired) electrons. The second-order valence-electron chi connectivity index (χ2n) is 3.64. The molecule has 0 amide bonds. The summed E-state index contributed by atoms with van der Waals surface area (Å²) in [4.78, 5) is 0. The second-order valence-corrected chi connectivity index (χ2v) is 4.04. The molecule has 90 valence electrons. The monoisotopic (exact) mass is 243 g/mol. The number of rotatable bonds is 6. The summed E-state index contributed by atoms with van der Waals surface area (Å²) in [6.07, 6.45) is 1.83. The minimum Gasteiger partial charge on any atom is -0.495 e. The molecule has 0 saturated heterocycles. The molecule has 0 fully saturated rings. The smallest absolute Gasteiger partial charge is 0.137 e. The van der Waals surface area contributed by atoms with Gasteiger partial charge in [-0.3, -0.25) is 0 Å². The highest BCUT2D eigenvalue weighted by molar-refractivity contribution is 6.32. The molecule has 1 unspecified atom stereocenters. The van der Waals surface area contributed by atoms with Crippen molar-refractivity contribution in [3.05, 3.63) is 28.8 Å². The van der Waals surface area contributed by atoms with Gasteiger partial charge in [0.1, 0.15) is 5.75 Å². The molecule has 4 heteroatoms. The van der Waals surface area contributed by atoms with E-state index >= 15 is 0 Å². The van der Waals surface area contributed by atoms with Gasteiger partial charge in [-0.25, -0.2) is 0 Å². The van der Waals surface area contributed by atoms with Gasteiger partial charge in [-0.2, -0.15) is 0 Å². The van der Waals surface area contributed by atoms with Crippen molar-refractivity contribution in [1.82, 2.24) is 0 Å². The summed E-state index contributed by atoms with van der Waals surface area (Å²) < 4.78 is 10.1. The van der Waals surface area contributed by atoms with Crippen LogP contribution in [0.25, 0.3) is 0 Å². The average molecular weight is 244 g/mol. The maximum absolute atomic E-state index is 6.06. The highest BCUT2D eigenvalue weighted by atomic mass is 35.5. The number of hydrogen-bond acceptors (Lipinski definition) is 3. The Morgan fingerprint density at radius 3 is 2.75 bits per heavy atom. The van der Waals surface area contributed by atoms with E-state index in [1.165, 1.54) is 0 Å². The topological polar surface area (TPSA) is 44.5 Å². The Kier molecular flexibility index (Phi) is 5.60. The molecule has 2 N–H and O–H groups in total. The van der Waals surface area contributed by atoms with Crippen LogP contribution in [0.2, 0.25) is 5.02 Å². The molecule has 0 aliphatic carbocycles. The Morgan fingerprint density at radius 1 is 1.38 bits per heavy atom. The minimum atomic E-state index is 0.00122. The van der Waals surface area contributed by atoms with Crippen molar-refractivity contribution < 1.29 is 9.47 Å². The zero-order chi connectivity index (χ0) is 12.0. The molecule has 0 spiro atoms.